The van der Waals surface area contributed by atoms with Crippen LogP contribution in [-0.2, 0) is 4.74 Å². The molecule has 0 radical (unpaired) electrons. The number of nitrogens with two attached hydrogens (primary N) is 1. The molecule has 1 heterocycles. The van der Waals surface area contributed by atoms with E-state index in [4.69, 9.17) is 10.5 Å². The molecule has 1 aromatic carbocycles. The number of hydrogen-bond acceptors (Lipinski definition) is 4. The summed E-state index contributed by atoms with van der Waals surface area (Å²) in [6.45, 7) is 7.19. The van der Waals surface area contributed by atoms with Crippen LogP contribution < -0.4 is 5.73 Å². The second-order valence-electron chi connectivity index (χ2n) is 6.27. The first-order valence-electron chi connectivity index (χ1n) is 8.37. The van der Waals surface area contributed by atoms with Crippen molar-refractivity contribution in [3.8, 4) is 0 Å². The molecule has 0 aliphatic carbocycles. The predicted octanol–water partition coefficient (Wildman–Crippen LogP) is 3.33. The standard InChI is InChI=1S/C18H28N2O2/c1-3-15-10-9-14(2)20(13-15)11-6-12-22-18(21)16-7-4-5-8-17(16)19/h4-5,7-8,14-15H,3,6,9-13,19H2,1-2H3. The largest absolute Gasteiger partial charge is 0.462 e. The Morgan fingerprint density at radius 3 is 2.86 bits per heavy atom. The molecule has 4 heteroatoms. The Balaban J connectivity index is 1.72. The maximum Gasteiger partial charge on any atom is 0.340 e. The monoisotopic (exact) mass is 304 g/mol. The topological polar surface area (TPSA) is 55.6 Å². The summed E-state index contributed by atoms with van der Waals surface area (Å²) in [5.41, 5.74) is 6.72. The molecule has 2 atom stereocenters. The molecule has 4 nitrogen and oxygen atoms in total. The lowest BCUT2D eigenvalue weighted by atomic mass is 9.91. The van der Waals surface area contributed by atoms with E-state index in [1.165, 1.54) is 25.8 Å². The first-order chi connectivity index (χ1) is 10.6. The molecule has 2 rings (SSSR count). The molecule has 0 bridgehead atoms. The number of para-hydroxylation sites is 1. The van der Waals surface area contributed by atoms with E-state index in [1.54, 1.807) is 18.2 Å². The van der Waals surface area contributed by atoms with Gasteiger partial charge in [0, 0.05) is 24.8 Å². The van der Waals surface area contributed by atoms with Crippen LogP contribution in [0.4, 0.5) is 5.69 Å². The maximum absolute atomic E-state index is 12.0. The average Bonchev–Trinajstić information content (AvgIpc) is 2.53. The van der Waals surface area contributed by atoms with Crippen molar-refractivity contribution in [2.45, 2.75) is 45.6 Å². The van der Waals surface area contributed by atoms with Crippen molar-refractivity contribution in [1.82, 2.24) is 4.90 Å². The number of anilines is 1. The summed E-state index contributed by atoms with van der Waals surface area (Å²) in [5, 5.41) is 0. The SMILES string of the molecule is CCC1CCC(C)N(CCCOC(=O)c2ccccc2N)C1. The molecule has 0 aromatic heterocycles. The third-order valence-corrected chi connectivity index (χ3v) is 4.69. The first kappa shape index (κ1) is 16.8. The molecule has 122 valence electrons. The van der Waals surface area contributed by atoms with Crippen LogP contribution in [0, 0.1) is 5.92 Å². The van der Waals surface area contributed by atoms with Gasteiger partial charge in [0.25, 0.3) is 0 Å². The summed E-state index contributed by atoms with van der Waals surface area (Å²) < 4.78 is 5.34. The molecular weight excluding hydrogens is 276 g/mol. The highest BCUT2D eigenvalue weighted by Gasteiger charge is 2.23. The Kier molecular flexibility index (Phi) is 6.25. The van der Waals surface area contributed by atoms with Crippen LogP contribution in [0.3, 0.4) is 0 Å². The van der Waals surface area contributed by atoms with Gasteiger partial charge in [0.1, 0.15) is 0 Å². The van der Waals surface area contributed by atoms with Crippen LogP contribution >= 0.6 is 0 Å². The molecular formula is C18H28N2O2. The van der Waals surface area contributed by atoms with Crippen molar-refractivity contribution < 1.29 is 9.53 Å². The minimum atomic E-state index is -0.323. The zero-order valence-corrected chi connectivity index (χ0v) is 13.8. The molecule has 1 aliphatic rings. The second-order valence-corrected chi connectivity index (χ2v) is 6.27. The van der Waals surface area contributed by atoms with Gasteiger partial charge in [-0.25, -0.2) is 4.79 Å². The molecule has 1 fully saturated rings. The highest BCUT2D eigenvalue weighted by Crippen LogP contribution is 2.24. The van der Waals surface area contributed by atoms with Gasteiger partial charge in [-0.05, 0) is 44.2 Å². The Bertz CT molecular complexity index is 490. The molecule has 0 saturated carbocycles. The number of rotatable bonds is 6. The number of nitrogen functional groups attached to an aromatic ring is 1. The Labute approximate surface area is 133 Å². The maximum atomic E-state index is 12.0. The number of piperidine rings is 1. The lowest BCUT2D eigenvalue weighted by Crippen LogP contribution is -2.42. The Morgan fingerprint density at radius 1 is 1.36 bits per heavy atom. The van der Waals surface area contributed by atoms with E-state index < -0.39 is 0 Å². The zero-order valence-electron chi connectivity index (χ0n) is 13.8. The quantitative estimate of drug-likeness (QED) is 0.497. The molecule has 1 aromatic rings. The van der Waals surface area contributed by atoms with Gasteiger partial charge >= 0.3 is 5.97 Å². The van der Waals surface area contributed by atoms with Crippen LogP contribution in [0.2, 0.25) is 0 Å². The summed E-state index contributed by atoms with van der Waals surface area (Å²) >= 11 is 0. The van der Waals surface area contributed by atoms with Gasteiger partial charge in [-0.2, -0.15) is 0 Å². The first-order valence-corrected chi connectivity index (χ1v) is 8.37. The fourth-order valence-corrected chi connectivity index (χ4v) is 3.10. The number of benzene rings is 1. The second kappa shape index (κ2) is 8.18. The van der Waals surface area contributed by atoms with Gasteiger partial charge in [-0.1, -0.05) is 25.5 Å². The smallest absolute Gasteiger partial charge is 0.340 e. The normalized spacial score (nSPS) is 22.5. The van der Waals surface area contributed by atoms with E-state index in [2.05, 4.69) is 18.7 Å². The summed E-state index contributed by atoms with van der Waals surface area (Å²) in [5.74, 6) is 0.499. The summed E-state index contributed by atoms with van der Waals surface area (Å²) in [7, 11) is 0. The zero-order chi connectivity index (χ0) is 15.9. The van der Waals surface area contributed by atoms with E-state index in [1.807, 2.05) is 6.07 Å². The van der Waals surface area contributed by atoms with E-state index in [0.717, 1.165) is 18.9 Å². The van der Waals surface area contributed by atoms with Crippen LogP contribution in [0.25, 0.3) is 0 Å². The molecule has 22 heavy (non-hydrogen) atoms. The van der Waals surface area contributed by atoms with Crippen LogP contribution in [0.15, 0.2) is 24.3 Å². The molecule has 0 amide bonds. The van der Waals surface area contributed by atoms with Gasteiger partial charge in [0.2, 0.25) is 0 Å². The van der Waals surface area contributed by atoms with Gasteiger partial charge in [0.15, 0.2) is 0 Å². The molecule has 2 N–H and O–H groups in total. The van der Waals surface area contributed by atoms with E-state index in [-0.39, 0.29) is 5.97 Å². The number of carbonyl (C=O) groups excluding carboxylic acids is 1. The molecule has 2 unspecified atom stereocenters. The van der Waals surface area contributed by atoms with Crippen molar-refractivity contribution >= 4 is 11.7 Å². The lowest BCUT2D eigenvalue weighted by molar-refractivity contribution is 0.0463. The van der Waals surface area contributed by atoms with Crippen molar-refractivity contribution in [2.75, 3.05) is 25.4 Å². The van der Waals surface area contributed by atoms with Crippen molar-refractivity contribution in [2.24, 2.45) is 5.92 Å². The molecule has 0 spiro atoms. The van der Waals surface area contributed by atoms with Crippen LogP contribution in [0.1, 0.15) is 49.9 Å². The number of ether oxygens (including phenoxy) is 1. The lowest BCUT2D eigenvalue weighted by Gasteiger charge is -2.37. The van der Waals surface area contributed by atoms with E-state index >= 15 is 0 Å². The van der Waals surface area contributed by atoms with Gasteiger partial charge in [-0.15, -0.1) is 0 Å². The van der Waals surface area contributed by atoms with Gasteiger partial charge < -0.3 is 15.4 Å². The summed E-state index contributed by atoms with van der Waals surface area (Å²) in [6.07, 6.45) is 4.75. The van der Waals surface area contributed by atoms with E-state index in [0.29, 0.717) is 23.9 Å². The fourth-order valence-electron chi connectivity index (χ4n) is 3.10. The summed E-state index contributed by atoms with van der Waals surface area (Å²) in [6, 6.07) is 7.68. The third kappa shape index (κ3) is 4.47. The minimum absolute atomic E-state index is 0.323. The minimum Gasteiger partial charge on any atom is -0.462 e. The Hall–Kier alpha value is -1.55. The van der Waals surface area contributed by atoms with Gasteiger partial charge in [-0.3, -0.25) is 0 Å². The summed E-state index contributed by atoms with van der Waals surface area (Å²) in [4.78, 5) is 14.5. The number of carbonyl (C=O) groups is 1. The number of esters is 1. The number of hydrogen-bond donors (Lipinski definition) is 1. The fraction of sp³-hybridized carbons (Fsp3) is 0.611. The third-order valence-electron chi connectivity index (χ3n) is 4.69. The predicted molar refractivity (Wildman–Crippen MR) is 89.8 cm³/mol. The van der Waals surface area contributed by atoms with Gasteiger partial charge in [0.05, 0.1) is 12.2 Å². The number of nitrogens with zero attached hydrogens (tertiary/aromatic N) is 1. The highest BCUT2D eigenvalue weighted by atomic mass is 16.5. The van der Waals surface area contributed by atoms with E-state index in [9.17, 15) is 4.79 Å². The number of likely N-dealkylation sites (tertiary alicyclic amines) is 1. The van der Waals surface area contributed by atoms with Crippen LogP contribution in [-0.4, -0.2) is 36.6 Å². The van der Waals surface area contributed by atoms with Crippen LogP contribution in [0.5, 0.6) is 0 Å². The molecule has 1 saturated heterocycles. The highest BCUT2D eigenvalue weighted by molar-refractivity contribution is 5.94. The Morgan fingerprint density at radius 2 is 2.14 bits per heavy atom. The van der Waals surface area contributed by atoms with Crippen molar-refractivity contribution in [3.63, 3.8) is 0 Å². The van der Waals surface area contributed by atoms with Crippen molar-refractivity contribution in [1.29, 1.82) is 0 Å². The average molecular weight is 304 g/mol. The molecule has 1 aliphatic heterocycles. The van der Waals surface area contributed by atoms with Crippen molar-refractivity contribution in [3.05, 3.63) is 29.8 Å².